The molecule has 0 aromatic heterocycles. The van der Waals surface area contributed by atoms with Crippen molar-refractivity contribution in [3.8, 4) is 0 Å². The van der Waals surface area contributed by atoms with E-state index in [1.54, 1.807) is 6.92 Å². The monoisotopic (exact) mass is 430 g/mol. The highest BCUT2D eigenvalue weighted by Crippen LogP contribution is 2.12. The van der Waals surface area contributed by atoms with E-state index < -0.39 is 44.1 Å². The van der Waals surface area contributed by atoms with Crippen LogP contribution in [0.1, 0.15) is 48.5 Å². The zero-order valence-corrected chi connectivity index (χ0v) is 22.6. The number of hydrogen-bond acceptors (Lipinski definition) is 5. The molecule has 0 heterocycles. The Labute approximate surface area is 166 Å². The van der Waals surface area contributed by atoms with Crippen LogP contribution in [0, 0.1) is 0 Å². The van der Waals surface area contributed by atoms with Gasteiger partial charge >= 0.3 is 14.8 Å². The fourth-order valence-electron chi connectivity index (χ4n) is 1.53. The standard InChI is InChI=1S/C17H34O5Si4/c1-13(2)9-23-20-26(21-24-10-14(3)4,22-25-11-15(5)6)12-19-17(18)16(7)8/h9-11H,7,12,23-25H2,1-6,8H3. The third-order valence-corrected chi connectivity index (χ3v) is 13.8. The molecule has 148 valence electrons. The SMILES string of the molecule is C=C(C)C(=O)OC[Si](O[SiH2]C=C(C)C)(O[SiH2]C=C(C)C)O[SiH2]C=C(C)C. The van der Waals surface area contributed by atoms with Crippen LogP contribution in [0.2, 0.25) is 0 Å². The van der Waals surface area contributed by atoms with Gasteiger partial charge in [0.2, 0.25) is 0 Å². The molecular formula is C17H34O5Si4. The van der Waals surface area contributed by atoms with Gasteiger partial charge in [-0.15, -0.1) is 0 Å². The van der Waals surface area contributed by atoms with Crippen molar-refractivity contribution in [2.75, 3.05) is 6.23 Å². The summed E-state index contributed by atoms with van der Waals surface area (Å²) < 4.78 is 24.0. The Morgan fingerprint density at radius 3 is 1.42 bits per heavy atom. The lowest BCUT2D eigenvalue weighted by molar-refractivity contribution is -0.138. The van der Waals surface area contributed by atoms with Crippen molar-refractivity contribution in [1.29, 1.82) is 0 Å². The Morgan fingerprint density at radius 2 is 1.15 bits per heavy atom. The van der Waals surface area contributed by atoms with Crippen molar-refractivity contribution in [3.63, 3.8) is 0 Å². The van der Waals surface area contributed by atoms with Gasteiger partial charge in [-0.1, -0.05) is 40.4 Å². The maximum absolute atomic E-state index is 11.9. The van der Waals surface area contributed by atoms with Crippen LogP contribution in [-0.4, -0.2) is 50.3 Å². The number of carbonyl (C=O) groups is 1. The van der Waals surface area contributed by atoms with Crippen LogP contribution < -0.4 is 0 Å². The topological polar surface area (TPSA) is 54.0 Å². The summed E-state index contributed by atoms with van der Waals surface area (Å²) in [7, 11) is -5.92. The Balaban J connectivity index is 5.35. The van der Waals surface area contributed by atoms with Crippen LogP contribution in [0.5, 0.6) is 0 Å². The molecule has 5 nitrogen and oxygen atoms in total. The first-order valence-electron chi connectivity index (χ1n) is 8.72. The molecule has 0 radical (unpaired) electrons. The molecule has 9 heteroatoms. The largest absolute Gasteiger partial charge is 0.508 e. The lowest BCUT2D eigenvalue weighted by Gasteiger charge is -2.29. The lowest BCUT2D eigenvalue weighted by atomic mass is 10.4. The Morgan fingerprint density at radius 1 is 0.808 bits per heavy atom. The van der Waals surface area contributed by atoms with Gasteiger partial charge in [0.05, 0.1) is 0 Å². The second kappa shape index (κ2) is 13.4. The molecule has 0 unspecified atom stereocenters. The maximum Gasteiger partial charge on any atom is 0.508 e. The van der Waals surface area contributed by atoms with E-state index in [1.807, 2.05) is 41.5 Å². The normalized spacial score (nSPS) is 14.0. The van der Waals surface area contributed by atoms with Gasteiger partial charge < -0.3 is 17.1 Å². The molecule has 0 fully saturated rings. The maximum atomic E-state index is 11.9. The summed E-state index contributed by atoms with van der Waals surface area (Å²) in [4.78, 5) is 11.9. The number of allylic oxidation sites excluding steroid dienone is 3. The van der Waals surface area contributed by atoms with E-state index in [9.17, 15) is 4.79 Å². The summed E-state index contributed by atoms with van der Waals surface area (Å²) in [5.41, 5.74) is 10.3. The molecule has 0 aromatic carbocycles. The van der Waals surface area contributed by atoms with Crippen LogP contribution in [0.25, 0.3) is 0 Å². The van der Waals surface area contributed by atoms with Crippen LogP contribution in [0.4, 0.5) is 0 Å². The smallest absolute Gasteiger partial charge is 0.458 e. The van der Waals surface area contributed by atoms with Crippen molar-refractivity contribution in [2.45, 2.75) is 48.5 Å². The van der Waals surface area contributed by atoms with Gasteiger partial charge in [0.25, 0.3) is 0 Å². The predicted octanol–water partition coefficient (Wildman–Crippen LogP) is 1.66. The Bertz CT molecular complexity index is 502. The first kappa shape index (κ1) is 25.2. The highest BCUT2D eigenvalue weighted by atomic mass is 28.5. The fourth-order valence-corrected chi connectivity index (χ4v) is 11.1. The number of hydrogen-bond donors (Lipinski definition) is 0. The van der Waals surface area contributed by atoms with Gasteiger partial charge in [0, 0.05) is 5.57 Å². The van der Waals surface area contributed by atoms with E-state index in [1.165, 1.54) is 16.7 Å². The van der Waals surface area contributed by atoms with E-state index in [4.69, 9.17) is 17.1 Å². The molecule has 0 aromatic rings. The average Bonchev–Trinajstić information content (AvgIpc) is 2.51. The quantitative estimate of drug-likeness (QED) is 0.268. The summed E-state index contributed by atoms with van der Waals surface area (Å²) in [6.45, 7) is 17.5. The number of rotatable bonds is 12. The minimum Gasteiger partial charge on any atom is -0.458 e. The highest BCUT2D eigenvalue weighted by molar-refractivity contribution is 6.75. The summed E-state index contributed by atoms with van der Waals surface area (Å²) >= 11 is 0. The molecule has 0 saturated carbocycles. The molecule has 0 N–H and O–H groups in total. The zero-order chi connectivity index (χ0) is 20.2. The molecule has 0 spiro atoms. The third-order valence-electron chi connectivity index (χ3n) is 3.11. The van der Waals surface area contributed by atoms with E-state index in [0.29, 0.717) is 5.57 Å². The van der Waals surface area contributed by atoms with Crippen LogP contribution in [0.15, 0.2) is 46.0 Å². The van der Waals surface area contributed by atoms with Gasteiger partial charge in [-0.25, -0.2) is 4.79 Å². The molecule has 0 aliphatic rings. The molecule has 0 amide bonds. The zero-order valence-electron chi connectivity index (χ0n) is 17.3. The molecule has 0 rings (SSSR count). The van der Waals surface area contributed by atoms with Crippen LogP contribution in [-0.2, 0) is 21.9 Å². The predicted molar refractivity (Wildman–Crippen MR) is 119 cm³/mol. The van der Waals surface area contributed by atoms with Crippen LogP contribution >= 0.6 is 0 Å². The van der Waals surface area contributed by atoms with Crippen molar-refractivity contribution >= 4 is 44.1 Å². The van der Waals surface area contributed by atoms with Gasteiger partial charge in [0.1, 0.15) is 0 Å². The fraction of sp³-hybridized carbons (Fsp3) is 0.471. The van der Waals surface area contributed by atoms with Gasteiger partial charge in [-0.3, -0.25) is 0 Å². The average molecular weight is 431 g/mol. The second-order valence-corrected chi connectivity index (χ2v) is 14.2. The lowest BCUT2D eigenvalue weighted by Crippen LogP contribution is -2.53. The summed E-state index contributed by atoms with van der Waals surface area (Å²) in [5.74, 6) is -0.436. The van der Waals surface area contributed by atoms with E-state index in [-0.39, 0.29) is 6.23 Å². The van der Waals surface area contributed by atoms with Gasteiger partial charge in [-0.2, -0.15) is 0 Å². The number of carbonyl (C=O) groups excluding carboxylic acids is 1. The molecule has 0 atom stereocenters. The first-order chi connectivity index (χ1) is 12.1. The van der Waals surface area contributed by atoms with Crippen LogP contribution in [0.3, 0.4) is 0 Å². The number of ether oxygens (including phenoxy) is 1. The number of esters is 1. The molecule has 0 saturated heterocycles. The molecule has 0 aliphatic heterocycles. The van der Waals surface area contributed by atoms with Crippen molar-refractivity contribution in [2.24, 2.45) is 0 Å². The van der Waals surface area contributed by atoms with Gasteiger partial charge in [0.15, 0.2) is 35.5 Å². The minimum atomic E-state index is -3.04. The molecule has 0 aliphatic carbocycles. The van der Waals surface area contributed by atoms with E-state index >= 15 is 0 Å². The Hall–Kier alpha value is -0.822. The van der Waals surface area contributed by atoms with Crippen molar-refractivity contribution < 1.29 is 21.9 Å². The first-order valence-corrected chi connectivity index (χ1v) is 14.8. The molecule has 26 heavy (non-hydrogen) atoms. The molecular weight excluding hydrogens is 397 g/mol. The van der Waals surface area contributed by atoms with E-state index in [2.05, 4.69) is 23.7 Å². The van der Waals surface area contributed by atoms with Crippen molar-refractivity contribution in [1.82, 2.24) is 0 Å². The minimum absolute atomic E-state index is 0.0511. The summed E-state index contributed by atoms with van der Waals surface area (Å²) in [5, 5.41) is 0. The van der Waals surface area contributed by atoms with Gasteiger partial charge in [-0.05, 0) is 48.5 Å². The second-order valence-electron chi connectivity index (χ2n) is 6.82. The molecule has 0 bridgehead atoms. The Kier molecular flexibility index (Phi) is 12.9. The highest BCUT2D eigenvalue weighted by Gasteiger charge is 2.41. The van der Waals surface area contributed by atoms with Crippen molar-refractivity contribution in [3.05, 3.63) is 46.0 Å². The summed E-state index contributed by atoms with van der Waals surface area (Å²) in [6, 6.07) is 0. The van der Waals surface area contributed by atoms with E-state index in [0.717, 1.165) is 0 Å². The third kappa shape index (κ3) is 12.5. The summed E-state index contributed by atoms with van der Waals surface area (Å²) in [6.07, 6.45) is 0.0511.